The molecule has 2 rings (SSSR count). The Hall–Kier alpha value is -2.10. The summed E-state index contributed by atoms with van der Waals surface area (Å²) in [5, 5.41) is 3.12. The van der Waals surface area contributed by atoms with Gasteiger partial charge in [0.1, 0.15) is 5.82 Å². The number of benzene rings is 1. The Labute approximate surface area is 127 Å². The summed E-state index contributed by atoms with van der Waals surface area (Å²) in [6.07, 6.45) is 0. The Morgan fingerprint density at radius 2 is 1.62 bits per heavy atom. The van der Waals surface area contributed by atoms with Gasteiger partial charge >= 0.3 is 0 Å². The van der Waals surface area contributed by atoms with Crippen molar-refractivity contribution in [2.75, 3.05) is 31.4 Å². The van der Waals surface area contributed by atoms with Crippen LogP contribution in [0, 0.1) is 0 Å². The minimum Gasteiger partial charge on any atom is -0.378 e. The van der Waals surface area contributed by atoms with Gasteiger partial charge in [-0.15, -0.1) is 0 Å². The Morgan fingerprint density at radius 3 is 2.10 bits per heavy atom. The predicted molar refractivity (Wildman–Crippen MR) is 90.0 cm³/mol. The molecule has 1 heterocycles. The van der Waals surface area contributed by atoms with E-state index in [-0.39, 0.29) is 5.41 Å². The summed E-state index contributed by atoms with van der Waals surface area (Å²) in [6.45, 7) is 6.48. The van der Waals surface area contributed by atoms with Crippen molar-refractivity contribution in [2.24, 2.45) is 0 Å². The molecule has 0 unspecified atom stereocenters. The van der Waals surface area contributed by atoms with E-state index in [9.17, 15) is 0 Å². The fourth-order valence-corrected chi connectivity index (χ4v) is 2.00. The minimum atomic E-state index is -0.00708. The summed E-state index contributed by atoms with van der Waals surface area (Å²) < 4.78 is 0. The van der Waals surface area contributed by atoms with Crippen LogP contribution in [0.2, 0.25) is 0 Å². The average molecular weight is 284 g/mol. The molecule has 0 fully saturated rings. The van der Waals surface area contributed by atoms with Gasteiger partial charge < -0.3 is 10.2 Å². The van der Waals surface area contributed by atoms with Crippen LogP contribution in [0.1, 0.15) is 26.5 Å². The van der Waals surface area contributed by atoms with Crippen LogP contribution in [-0.4, -0.2) is 31.1 Å². The molecule has 0 spiro atoms. The van der Waals surface area contributed by atoms with Crippen LogP contribution in [0.3, 0.4) is 0 Å². The lowest BCUT2D eigenvalue weighted by atomic mass is 9.92. The van der Waals surface area contributed by atoms with E-state index in [4.69, 9.17) is 4.98 Å². The Kier molecular flexibility index (Phi) is 4.16. The summed E-state index contributed by atoms with van der Waals surface area (Å²) in [7, 11) is 5.95. The molecule has 1 aromatic carbocycles. The highest BCUT2D eigenvalue weighted by atomic mass is 15.1. The Morgan fingerprint density at radius 1 is 1.00 bits per heavy atom. The molecule has 112 valence electrons. The van der Waals surface area contributed by atoms with Crippen LogP contribution >= 0.6 is 0 Å². The van der Waals surface area contributed by atoms with Crippen molar-refractivity contribution in [3.05, 3.63) is 36.0 Å². The maximum atomic E-state index is 4.73. The molecule has 1 N–H and O–H groups in total. The maximum Gasteiger partial charge on any atom is 0.161 e. The molecule has 4 nitrogen and oxygen atoms in total. The molecular formula is C17H24N4. The van der Waals surface area contributed by atoms with E-state index >= 15 is 0 Å². The van der Waals surface area contributed by atoms with Gasteiger partial charge in [-0.1, -0.05) is 20.8 Å². The third-order valence-corrected chi connectivity index (χ3v) is 3.39. The molecule has 1 aromatic heterocycles. The molecule has 0 radical (unpaired) electrons. The first-order valence-electron chi connectivity index (χ1n) is 7.16. The third kappa shape index (κ3) is 3.51. The summed E-state index contributed by atoms with van der Waals surface area (Å²) in [6, 6.07) is 10.3. The second-order valence-corrected chi connectivity index (χ2v) is 6.40. The highest BCUT2D eigenvalue weighted by molar-refractivity contribution is 5.62. The summed E-state index contributed by atoms with van der Waals surface area (Å²) >= 11 is 0. The van der Waals surface area contributed by atoms with Gasteiger partial charge in [-0.2, -0.15) is 0 Å². The molecule has 0 atom stereocenters. The first kappa shape index (κ1) is 15.3. The van der Waals surface area contributed by atoms with E-state index in [1.807, 2.05) is 27.2 Å². The monoisotopic (exact) mass is 284 g/mol. The maximum absolute atomic E-state index is 4.73. The van der Waals surface area contributed by atoms with E-state index in [1.165, 1.54) is 5.69 Å². The zero-order valence-electron chi connectivity index (χ0n) is 13.7. The molecule has 0 saturated heterocycles. The first-order chi connectivity index (χ1) is 9.81. The molecular weight excluding hydrogens is 260 g/mol. The zero-order chi connectivity index (χ0) is 15.6. The average Bonchev–Trinajstić information content (AvgIpc) is 2.46. The fraction of sp³-hybridized carbons (Fsp3) is 0.412. The number of aromatic nitrogens is 2. The van der Waals surface area contributed by atoms with Gasteiger partial charge in [-0.05, 0) is 24.3 Å². The molecule has 0 amide bonds. The second-order valence-electron chi connectivity index (χ2n) is 6.40. The lowest BCUT2D eigenvalue weighted by Gasteiger charge is -2.19. The number of anilines is 2. The molecule has 0 saturated carbocycles. The summed E-state index contributed by atoms with van der Waals surface area (Å²) in [5.41, 5.74) is 3.23. The van der Waals surface area contributed by atoms with Gasteiger partial charge in [0.15, 0.2) is 5.82 Å². The van der Waals surface area contributed by atoms with Gasteiger partial charge in [0.2, 0.25) is 0 Å². The number of nitrogens with one attached hydrogen (secondary N) is 1. The molecule has 0 aliphatic carbocycles. The van der Waals surface area contributed by atoms with Crippen molar-refractivity contribution in [1.29, 1.82) is 0 Å². The molecule has 0 aliphatic rings. The van der Waals surface area contributed by atoms with E-state index < -0.39 is 0 Å². The molecule has 21 heavy (non-hydrogen) atoms. The van der Waals surface area contributed by atoms with E-state index in [0.29, 0.717) is 0 Å². The highest BCUT2D eigenvalue weighted by Crippen LogP contribution is 2.26. The molecule has 0 bridgehead atoms. The summed E-state index contributed by atoms with van der Waals surface area (Å²) in [4.78, 5) is 11.4. The van der Waals surface area contributed by atoms with Crippen molar-refractivity contribution in [2.45, 2.75) is 26.2 Å². The van der Waals surface area contributed by atoms with Gasteiger partial charge in [0, 0.05) is 43.9 Å². The normalized spacial score (nSPS) is 11.3. The number of hydrogen-bond acceptors (Lipinski definition) is 4. The van der Waals surface area contributed by atoms with E-state index in [0.717, 1.165) is 22.9 Å². The second kappa shape index (κ2) is 5.72. The highest BCUT2D eigenvalue weighted by Gasteiger charge is 2.18. The van der Waals surface area contributed by atoms with Crippen LogP contribution in [0.25, 0.3) is 11.4 Å². The van der Waals surface area contributed by atoms with Gasteiger partial charge in [-0.25, -0.2) is 9.97 Å². The molecule has 4 heteroatoms. The SMILES string of the molecule is CNc1cc(C(C)(C)C)nc(-c2ccc(N(C)C)cc2)n1. The Balaban J connectivity index is 2.47. The van der Waals surface area contributed by atoms with Crippen LogP contribution in [-0.2, 0) is 5.41 Å². The number of rotatable bonds is 3. The van der Waals surface area contributed by atoms with Gasteiger partial charge in [0.05, 0.1) is 5.69 Å². The standard InChI is InChI=1S/C17H24N4/c1-17(2,3)14-11-15(18-4)20-16(19-14)12-7-9-13(10-8-12)21(5)6/h7-11H,1-6H3,(H,18,19,20). The number of nitrogens with zero attached hydrogens (tertiary/aromatic N) is 3. The first-order valence-corrected chi connectivity index (χ1v) is 7.16. The van der Waals surface area contributed by atoms with Gasteiger partial charge in [-0.3, -0.25) is 0 Å². The van der Waals surface area contributed by atoms with E-state index in [2.05, 4.69) is 60.2 Å². The zero-order valence-corrected chi connectivity index (χ0v) is 13.7. The van der Waals surface area contributed by atoms with Crippen LogP contribution in [0.5, 0.6) is 0 Å². The smallest absolute Gasteiger partial charge is 0.161 e. The topological polar surface area (TPSA) is 41.1 Å². The van der Waals surface area contributed by atoms with Crippen molar-refractivity contribution < 1.29 is 0 Å². The predicted octanol–water partition coefficient (Wildman–Crippen LogP) is 3.55. The van der Waals surface area contributed by atoms with Gasteiger partial charge in [0.25, 0.3) is 0 Å². The largest absolute Gasteiger partial charge is 0.378 e. The lowest BCUT2D eigenvalue weighted by Crippen LogP contribution is -2.15. The van der Waals surface area contributed by atoms with Crippen LogP contribution < -0.4 is 10.2 Å². The fourth-order valence-electron chi connectivity index (χ4n) is 2.00. The van der Waals surface area contributed by atoms with Crippen molar-refractivity contribution in [1.82, 2.24) is 9.97 Å². The van der Waals surface area contributed by atoms with Crippen LogP contribution in [0.15, 0.2) is 30.3 Å². The lowest BCUT2D eigenvalue weighted by molar-refractivity contribution is 0.568. The quantitative estimate of drug-likeness (QED) is 0.936. The van der Waals surface area contributed by atoms with Crippen molar-refractivity contribution in [3.63, 3.8) is 0 Å². The van der Waals surface area contributed by atoms with Crippen LogP contribution in [0.4, 0.5) is 11.5 Å². The Bertz CT molecular complexity index is 610. The molecule has 2 aromatic rings. The van der Waals surface area contributed by atoms with Crippen molar-refractivity contribution >= 4 is 11.5 Å². The summed E-state index contributed by atoms with van der Waals surface area (Å²) in [5.74, 6) is 1.61. The number of hydrogen-bond donors (Lipinski definition) is 1. The molecule has 0 aliphatic heterocycles. The van der Waals surface area contributed by atoms with Crippen molar-refractivity contribution in [3.8, 4) is 11.4 Å². The minimum absolute atomic E-state index is 0.00708. The van der Waals surface area contributed by atoms with E-state index in [1.54, 1.807) is 0 Å². The third-order valence-electron chi connectivity index (χ3n) is 3.39.